The van der Waals surface area contributed by atoms with E-state index < -0.39 is 5.97 Å². The predicted molar refractivity (Wildman–Crippen MR) is 66.1 cm³/mol. The van der Waals surface area contributed by atoms with Crippen LogP contribution in [-0.2, 0) is 6.54 Å². The molecule has 0 bridgehead atoms. The number of benzene rings is 1. The van der Waals surface area contributed by atoms with Crippen molar-refractivity contribution < 1.29 is 14.6 Å². The Hall–Kier alpha value is -2.01. The maximum atomic E-state index is 10.7. The van der Waals surface area contributed by atoms with Crippen LogP contribution in [-0.4, -0.2) is 27.5 Å². The minimum absolute atomic E-state index is 0.138. The molecule has 1 heterocycles. The molecule has 2 aromatic rings. The Labute approximate surface area is 109 Å². The topological polar surface area (TPSA) is 64.3 Å². The molecule has 0 aliphatic carbocycles. The molecule has 1 aromatic heterocycles. The molecule has 0 saturated heterocycles. The Morgan fingerprint density at radius 2 is 2.33 bits per heavy atom. The fourth-order valence-corrected chi connectivity index (χ4v) is 1.67. The van der Waals surface area contributed by atoms with Crippen LogP contribution in [0.4, 0.5) is 0 Å². The van der Waals surface area contributed by atoms with Crippen molar-refractivity contribution in [1.29, 1.82) is 0 Å². The summed E-state index contributed by atoms with van der Waals surface area (Å²) in [6.45, 7) is 1.01. The average molecular weight is 267 g/mol. The summed E-state index contributed by atoms with van der Waals surface area (Å²) in [5.74, 6) is -0.547. The van der Waals surface area contributed by atoms with Gasteiger partial charge in [0.1, 0.15) is 12.4 Å². The summed E-state index contributed by atoms with van der Waals surface area (Å²) in [7, 11) is 0. The molecule has 0 radical (unpaired) electrons. The highest BCUT2D eigenvalue weighted by Crippen LogP contribution is 2.25. The normalized spacial score (nSPS) is 10.3. The van der Waals surface area contributed by atoms with Gasteiger partial charge in [0.2, 0.25) is 0 Å². The zero-order chi connectivity index (χ0) is 13.0. The Morgan fingerprint density at radius 1 is 1.50 bits per heavy atom. The van der Waals surface area contributed by atoms with E-state index in [4.69, 9.17) is 21.4 Å². The second-order valence-electron chi connectivity index (χ2n) is 3.57. The second-order valence-corrected chi connectivity index (χ2v) is 3.98. The number of carboxylic acids is 1. The molecule has 0 saturated carbocycles. The SMILES string of the molecule is O=C(O)c1ccc(OCCn2cccn2)c(Cl)c1. The zero-order valence-electron chi connectivity index (χ0n) is 9.41. The van der Waals surface area contributed by atoms with E-state index in [1.54, 1.807) is 16.9 Å². The van der Waals surface area contributed by atoms with Crippen LogP contribution in [0.25, 0.3) is 0 Å². The van der Waals surface area contributed by atoms with Crippen LogP contribution in [0.3, 0.4) is 0 Å². The quantitative estimate of drug-likeness (QED) is 0.902. The molecular weight excluding hydrogens is 256 g/mol. The largest absolute Gasteiger partial charge is 0.490 e. The van der Waals surface area contributed by atoms with Crippen LogP contribution in [0.5, 0.6) is 5.75 Å². The number of hydrogen-bond donors (Lipinski definition) is 1. The van der Waals surface area contributed by atoms with Crippen LogP contribution in [0.15, 0.2) is 36.7 Å². The first-order valence-corrected chi connectivity index (χ1v) is 5.67. The lowest BCUT2D eigenvalue weighted by atomic mass is 10.2. The van der Waals surface area contributed by atoms with Crippen LogP contribution >= 0.6 is 11.6 Å². The number of halogens is 1. The molecule has 94 valence electrons. The van der Waals surface area contributed by atoms with E-state index in [-0.39, 0.29) is 10.6 Å². The van der Waals surface area contributed by atoms with E-state index in [1.165, 1.54) is 12.1 Å². The summed E-state index contributed by atoms with van der Waals surface area (Å²) in [5.41, 5.74) is 0.138. The third kappa shape index (κ3) is 3.01. The van der Waals surface area contributed by atoms with E-state index in [0.29, 0.717) is 18.9 Å². The van der Waals surface area contributed by atoms with Crippen molar-refractivity contribution in [3.8, 4) is 5.75 Å². The third-order valence-electron chi connectivity index (χ3n) is 2.32. The lowest BCUT2D eigenvalue weighted by Gasteiger charge is -2.08. The van der Waals surface area contributed by atoms with E-state index in [1.807, 2.05) is 12.3 Å². The fourth-order valence-electron chi connectivity index (χ4n) is 1.43. The minimum Gasteiger partial charge on any atom is -0.490 e. The number of nitrogens with zero attached hydrogens (tertiary/aromatic N) is 2. The second kappa shape index (κ2) is 5.55. The smallest absolute Gasteiger partial charge is 0.335 e. The monoisotopic (exact) mass is 266 g/mol. The number of aromatic nitrogens is 2. The summed E-state index contributed by atoms with van der Waals surface area (Å²) in [4.78, 5) is 10.7. The van der Waals surface area contributed by atoms with Crippen molar-refractivity contribution >= 4 is 17.6 Å². The van der Waals surface area contributed by atoms with Gasteiger partial charge in [-0.3, -0.25) is 4.68 Å². The summed E-state index contributed by atoms with van der Waals surface area (Å²) >= 11 is 5.92. The summed E-state index contributed by atoms with van der Waals surface area (Å²) in [6.07, 6.45) is 3.52. The molecule has 0 spiro atoms. The number of rotatable bonds is 5. The molecule has 0 unspecified atom stereocenters. The maximum Gasteiger partial charge on any atom is 0.335 e. The summed E-state index contributed by atoms with van der Waals surface area (Å²) < 4.78 is 7.19. The number of carbonyl (C=O) groups is 1. The van der Waals surface area contributed by atoms with Gasteiger partial charge in [0.25, 0.3) is 0 Å². The molecule has 0 amide bonds. The van der Waals surface area contributed by atoms with E-state index in [2.05, 4.69) is 5.10 Å². The lowest BCUT2D eigenvalue weighted by molar-refractivity contribution is 0.0697. The summed E-state index contributed by atoms with van der Waals surface area (Å²) in [6, 6.07) is 6.20. The van der Waals surface area contributed by atoms with Gasteiger partial charge in [-0.2, -0.15) is 5.10 Å². The molecule has 0 fully saturated rings. The highest BCUT2D eigenvalue weighted by molar-refractivity contribution is 6.32. The number of ether oxygens (including phenoxy) is 1. The first-order chi connectivity index (χ1) is 8.66. The fraction of sp³-hybridized carbons (Fsp3) is 0.167. The Kier molecular flexibility index (Phi) is 3.84. The van der Waals surface area contributed by atoms with Crippen molar-refractivity contribution in [3.05, 3.63) is 47.2 Å². The minimum atomic E-state index is -1.01. The molecule has 2 rings (SSSR count). The van der Waals surface area contributed by atoms with Crippen LogP contribution in [0, 0.1) is 0 Å². The molecule has 6 heteroatoms. The van der Waals surface area contributed by atoms with Crippen LogP contribution in [0.1, 0.15) is 10.4 Å². The van der Waals surface area contributed by atoms with Gasteiger partial charge < -0.3 is 9.84 Å². The zero-order valence-corrected chi connectivity index (χ0v) is 10.2. The molecular formula is C12H11ClN2O3. The molecule has 5 nitrogen and oxygen atoms in total. The lowest BCUT2D eigenvalue weighted by Crippen LogP contribution is -2.08. The first-order valence-electron chi connectivity index (χ1n) is 5.30. The first kappa shape index (κ1) is 12.4. The van der Waals surface area contributed by atoms with E-state index >= 15 is 0 Å². The Balaban J connectivity index is 1.95. The Morgan fingerprint density at radius 3 is 2.94 bits per heavy atom. The Bertz CT molecular complexity index is 540. The number of aromatic carboxylic acids is 1. The van der Waals surface area contributed by atoms with Gasteiger partial charge in [0.15, 0.2) is 0 Å². The number of carboxylic acid groups (broad SMARTS) is 1. The van der Waals surface area contributed by atoms with Gasteiger partial charge >= 0.3 is 5.97 Å². The maximum absolute atomic E-state index is 10.7. The average Bonchev–Trinajstić information content (AvgIpc) is 2.84. The van der Waals surface area contributed by atoms with Gasteiger partial charge in [0.05, 0.1) is 17.1 Å². The standard InChI is InChI=1S/C12H11ClN2O3/c13-10-8-9(12(16)17)2-3-11(10)18-7-6-15-5-1-4-14-15/h1-5,8H,6-7H2,(H,16,17). The van der Waals surface area contributed by atoms with Gasteiger partial charge in [-0.05, 0) is 24.3 Å². The predicted octanol–water partition coefficient (Wildman–Crippen LogP) is 2.31. The van der Waals surface area contributed by atoms with Gasteiger partial charge in [-0.25, -0.2) is 4.79 Å². The number of hydrogen-bond acceptors (Lipinski definition) is 3. The molecule has 0 aliphatic heterocycles. The molecule has 0 aliphatic rings. The van der Waals surface area contributed by atoms with Crippen molar-refractivity contribution in [2.45, 2.75) is 6.54 Å². The molecule has 0 atom stereocenters. The van der Waals surface area contributed by atoms with Gasteiger partial charge in [0, 0.05) is 12.4 Å². The van der Waals surface area contributed by atoms with E-state index in [9.17, 15) is 4.79 Å². The van der Waals surface area contributed by atoms with Crippen LogP contribution < -0.4 is 4.74 Å². The third-order valence-corrected chi connectivity index (χ3v) is 2.61. The van der Waals surface area contributed by atoms with Gasteiger partial charge in [-0.1, -0.05) is 11.6 Å². The van der Waals surface area contributed by atoms with Crippen molar-refractivity contribution in [2.75, 3.05) is 6.61 Å². The molecule has 18 heavy (non-hydrogen) atoms. The van der Waals surface area contributed by atoms with Gasteiger partial charge in [-0.15, -0.1) is 0 Å². The molecule has 1 N–H and O–H groups in total. The van der Waals surface area contributed by atoms with Crippen molar-refractivity contribution in [1.82, 2.24) is 9.78 Å². The van der Waals surface area contributed by atoms with Crippen molar-refractivity contribution in [3.63, 3.8) is 0 Å². The summed E-state index contributed by atoms with van der Waals surface area (Å²) in [5, 5.41) is 13.1. The highest BCUT2D eigenvalue weighted by atomic mass is 35.5. The van der Waals surface area contributed by atoms with Crippen molar-refractivity contribution in [2.24, 2.45) is 0 Å². The van der Waals surface area contributed by atoms with Crippen LogP contribution in [0.2, 0.25) is 5.02 Å². The highest BCUT2D eigenvalue weighted by Gasteiger charge is 2.07. The molecule has 1 aromatic carbocycles. The van der Waals surface area contributed by atoms with E-state index in [0.717, 1.165) is 0 Å².